The summed E-state index contributed by atoms with van der Waals surface area (Å²) < 4.78 is 15.5. The molecule has 1 atom stereocenters. The Balaban J connectivity index is 1.93. The van der Waals surface area contributed by atoms with Crippen LogP contribution in [0.3, 0.4) is 0 Å². The quantitative estimate of drug-likeness (QED) is 0.520. The molecule has 0 aromatic heterocycles. The van der Waals surface area contributed by atoms with Crippen LogP contribution in [0.15, 0.2) is 18.2 Å². The standard InChI is InChI=1S/C20H26ClNO5/c1-4-15-7-5-6-10-22(15)18(23)13-27-19(24)9-8-14-11-16(21)20(26-3)17(12-14)25-2/h8-9,11-12,15H,4-7,10,13H2,1-3H3/b9-8+/t15-/m0/s1. The Hall–Kier alpha value is -2.21. The number of piperidine rings is 1. The molecule has 148 valence electrons. The van der Waals surface area contributed by atoms with Crippen LogP contribution in [0.2, 0.25) is 5.02 Å². The fourth-order valence-electron chi connectivity index (χ4n) is 3.22. The molecule has 0 bridgehead atoms. The van der Waals surface area contributed by atoms with E-state index in [9.17, 15) is 9.59 Å². The number of esters is 1. The molecule has 0 unspecified atom stereocenters. The van der Waals surface area contributed by atoms with Gasteiger partial charge in [0.25, 0.3) is 5.91 Å². The number of hydrogen-bond acceptors (Lipinski definition) is 5. The van der Waals surface area contributed by atoms with E-state index < -0.39 is 5.97 Å². The van der Waals surface area contributed by atoms with Crippen molar-refractivity contribution in [3.63, 3.8) is 0 Å². The summed E-state index contributed by atoms with van der Waals surface area (Å²) in [6.07, 6.45) is 6.87. The third kappa shape index (κ3) is 5.63. The summed E-state index contributed by atoms with van der Waals surface area (Å²) >= 11 is 6.14. The van der Waals surface area contributed by atoms with Gasteiger partial charge in [0, 0.05) is 18.7 Å². The molecule has 0 N–H and O–H groups in total. The zero-order chi connectivity index (χ0) is 19.8. The number of ether oxygens (including phenoxy) is 3. The first kappa shape index (κ1) is 21.1. The highest BCUT2D eigenvalue weighted by molar-refractivity contribution is 6.32. The lowest BCUT2D eigenvalue weighted by atomic mass is 10.00. The van der Waals surface area contributed by atoms with Crippen LogP contribution in [0.1, 0.15) is 38.2 Å². The van der Waals surface area contributed by atoms with Crippen LogP contribution in [0.25, 0.3) is 6.08 Å². The van der Waals surface area contributed by atoms with Gasteiger partial charge in [-0.2, -0.15) is 0 Å². The molecule has 0 aliphatic carbocycles. The Morgan fingerprint density at radius 1 is 1.26 bits per heavy atom. The van der Waals surface area contributed by atoms with Crippen molar-refractivity contribution in [3.8, 4) is 11.5 Å². The number of amides is 1. The summed E-state index contributed by atoms with van der Waals surface area (Å²) in [5.74, 6) is 0.164. The van der Waals surface area contributed by atoms with E-state index in [1.807, 2.05) is 4.90 Å². The van der Waals surface area contributed by atoms with Crippen molar-refractivity contribution in [2.75, 3.05) is 27.4 Å². The van der Waals surface area contributed by atoms with Gasteiger partial charge in [-0.15, -0.1) is 0 Å². The van der Waals surface area contributed by atoms with Crippen molar-refractivity contribution >= 4 is 29.6 Å². The van der Waals surface area contributed by atoms with E-state index in [0.29, 0.717) is 22.1 Å². The molecule has 27 heavy (non-hydrogen) atoms. The minimum Gasteiger partial charge on any atom is -0.493 e. The molecule has 0 radical (unpaired) electrons. The average Bonchev–Trinajstić information content (AvgIpc) is 2.69. The predicted octanol–water partition coefficient (Wildman–Crippen LogP) is 3.70. The smallest absolute Gasteiger partial charge is 0.331 e. The maximum atomic E-state index is 12.3. The number of likely N-dealkylation sites (tertiary alicyclic amines) is 1. The lowest BCUT2D eigenvalue weighted by Crippen LogP contribution is -2.45. The molecule has 1 fully saturated rings. The molecule has 0 spiro atoms. The van der Waals surface area contributed by atoms with Gasteiger partial charge in [0.05, 0.1) is 19.2 Å². The first-order chi connectivity index (χ1) is 13.0. The van der Waals surface area contributed by atoms with E-state index in [-0.39, 0.29) is 18.6 Å². The highest BCUT2D eigenvalue weighted by Gasteiger charge is 2.25. The largest absolute Gasteiger partial charge is 0.493 e. The van der Waals surface area contributed by atoms with Gasteiger partial charge in [-0.05, 0) is 49.5 Å². The normalized spacial score (nSPS) is 17.0. The summed E-state index contributed by atoms with van der Waals surface area (Å²) in [5, 5.41) is 0.371. The van der Waals surface area contributed by atoms with E-state index >= 15 is 0 Å². The first-order valence-corrected chi connectivity index (χ1v) is 9.43. The minimum atomic E-state index is -0.584. The molecule has 1 heterocycles. The molecule has 1 amide bonds. The average molecular weight is 396 g/mol. The summed E-state index contributed by atoms with van der Waals surface area (Å²) in [7, 11) is 3.00. The number of nitrogens with zero attached hydrogens (tertiary/aromatic N) is 1. The molecular weight excluding hydrogens is 370 g/mol. The zero-order valence-corrected chi connectivity index (χ0v) is 16.8. The van der Waals surface area contributed by atoms with E-state index in [1.54, 1.807) is 18.2 Å². The third-order valence-electron chi connectivity index (χ3n) is 4.62. The van der Waals surface area contributed by atoms with E-state index in [4.69, 9.17) is 25.8 Å². The fourth-order valence-corrected chi connectivity index (χ4v) is 3.51. The number of carbonyl (C=O) groups excluding carboxylic acids is 2. The summed E-state index contributed by atoms with van der Waals surface area (Å²) in [6.45, 7) is 2.56. The van der Waals surface area contributed by atoms with Crippen molar-refractivity contribution in [2.24, 2.45) is 0 Å². The SMILES string of the molecule is CC[C@H]1CCCCN1C(=O)COC(=O)/C=C/c1cc(Cl)c(OC)c(OC)c1. The van der Waals surface area contributed by atoms with E-state index in [2.05, 4.69) is 6.92 Å². The molecule has 6 nitrogen and oxygen atoms in total. The second-order valence-electron chi connectivity index (χ2n) is 6.32. The van der Waals surface area contributed by atoms with Crippen molar-refractivity contribution in [1.29, 1.82) is 0 Å². The molecule has 7 heteroatoms. The number of hydrogen-bond donors (Lipinski definition) is 0. The van der Waals surface area contributed by atoms with Gasteiger partial charge in [-0.1, -0.05) is 18.5 Å². The molecule has 1 saturated heterocycles. The molecule has 0 saturated carbocycles. The van der Waals surface area contributed by atoms with Crippen molar-refractivity contribution in [1.82, 2.24) is 4.90 Å². The maximum Gasteiger partial charge on any atom is 0.331 e. The molecule has 1 aromatic carbocycles. The van der Waals surface area contributed by atoms with Crippen LogP contribution in [-0.2, 0) is 14.3 Å². The Morgan fingerprint density at radius 3 is 2.70 bits per heavy atom. The van der Waals surface area contributed by atoms with Crippen LogP contribution < -0.4 is 9.47 Å². The van der Waals surface area contributed by atoms with Gasteiger partial charge in [-0.3, -0.25) is 4.79 Å². The minimum absolute atomic E-state index is 0.141. The Morgan fingerprint density at radius 2 is 2.04 bits per heavy atom. The predicted molar refractivity (Wildman–Crippen MR) is 104 cm³/mol. The molecule has 1 aliphatic rings. The highest BCUT2D eigenvalue weighted by atomic mass is 35.5. The van der Waals surface area contributed by atoms with Crippen molar-refractivity contribution in [3.05, 3.63) is 28.8 Å². The zero-order valence-electron chi connectivity index (χ0n) is 16.0. The Labute approximate surface area is 165 Å². The number of carbonyl (C=O) groups is 2. The van der Waals surface area contributed by atoms with Crippen molar-refractivity contribution in [2.45, 2.75) is 38.6 Å². The summed E-state index contributed by atoms with van der Waals surface area (Å²) in [6, 6.07) is 3.59. The van der Waals surface area contributed by atoms with Gasteiger partial charge in [0.1, 0.15) is 0 Å². The van der Waals surface area contributed by atoms with E-state index in [0.717, 1.165) is 32.2 Å². The van der Waals surface area contributed by atoms with Gasteiger partial charge in [0.2, 0.25) is 0 Å². The lowest BCUT2D eigenvalue weighted by Gasteiger charge is -2.35. The molecule has 1 aromatic rings. The van der Waals surface area contributed by atoms with Crippen LogP contribution in [0, 0.1) is 0 Å². The second kappa shape index (κ2) is 10.2. The highest BCUT2D eigenvalue weighted by Crippen LogP contribution is 2.36. The van der Waals surface area contributed by atoms with Crippen LogP contribution in [0.5, 0.6) is 11.5 Å². The van der Waals surface area contributed by atoms with E-state index in [1.165, 1.54) is 20.3 Å². The van der Waals surface area contributed by atoms with Gasteiger partial charge < -0.3 is 19.1 Å². The summed E-state index contributed by atoms with van der Waals surface area (Å²) in [5.41, 5.74) is 0.656. The van der Waals surface area contributed by atoms with Crippen LogP contribution in [-0.4, -0.2) is 50.2 Å². The summed E-state index contributed by atoms with van der Waals surface area (Å²) in [4.78, 5) is 26.1. The Kier molecular flexibility index (Phi) is 7.98. The Bertz CT molecular complexity index is 704. The van der Waals surface area contributed by atoms with Crippen LogP contribution >= 0.6 is 11.6 Å². The molecular formula is C20H26ClNO5. The monoisotopic (exact) mass is 395 g/mol. The number of benzene rings is 1. The molecule has 2 rings (SSSR count). The maximum absolute atomic E-state index is 12.3. The molecule has 1 aliphatic heterocycles. The topological polar surface area (TPSA) is 65.1 Å². The fraction of sp³-hybridized carbons (Fsp3) is 0.500. The van der Waals surface area contributed by atoms with Gasteiger partial charge >= 0.3 is 5.97 Å². The number of methoxy groups -OCH3 is 2. The second-order valence-corrected chi connectivity index (χ2v) is 6.73. The van der Waals surface area contributed by atoms with Crippen LogP contribution in [0.4, 0.5) is 0 Å². The number of rotatable bonds is 7. The third-order valence-corrected chi connectivity index (χ3v) is 4.91. The lowest BCUT2D eigenvalue weighted by molar-refractivity contribution is -0.150. The van der Waals surface area contributed by atoms with Crippen molar-refractivity contribution < 1.29 is 23.8 Å². The number of halogens is 1. The first-order valence-electron chi connectivity index (χ1n) is 9.06. The van der Waals surface area contributed by atoms with Gasteiger partial charge in [-0.25, -0.2) is 4.79 Å². The van der Waals surface area contributed by atoms with Gasteiger partial charge in [0.15, 0.2) is 18.1 Å².